The fourth-order valence-corrected chi connectivity index (χ4v) is 2.89. The molecule has 1 aromatic heterocycles. The van der Waals surface area contributed by atoms with Gasteiger partial charge in [-0.25, -0.2) is 4.79 Å². The third kappa shape index (κ3) is 2.54. The molecule has 0 fully saturated rings. The van der Waals surface area contributed by atoms with Crippen molar-refractivity contribution in [3.8, 4) is 11.1 Å². The van der Waals surface area contributed by atoms with Crippen LogP contribution in [0.25, 0.3) is 21.9 Å². The third-order valence-electron chi connectivity index (χ3n) is 3.54. The van der Waals surface area contributed by atoms with E-state index >= 15 is 0 Å². The highest BCUT2D eigenvalue weighted by molar-refractivity contribution is 9.09. The highest BCUT2D eigenvalue weighted by Crippen LogP contribution is 2.36. The second-order valence-corrected chi connectivity index (χ2v) is 6.53. The van der Waals surface area contributed by atoms with Crippen molar-refractivity contribution in [1.82, 2.24) is 0 Å². The van der Waals surface area contributed by atoms with Gasteiger partial charge < -0.3 is 4.42 Å². The number of halogens is 1. The van der Waals surface area contributed by atoms with Gasteiger partial charge in [0.15, 0.2) is 0 Å². The zero-order valence-corrected chi connectivity index (χ0v) is 13.5. The number of aryl methyl sites for hydroxylation is 1. The van der Waals surface area contributed by atoms with Gasteiger partial charge in [-0.1, -0.05) is 64.0 Å². The van der Waals surface area contributed by atoms with Crippen molar-refractivity contribution in [2.24, 2.45) is 0 Å². The van der Waals surface area contributed by atoms with Crippen LogP contribution in [0.15, 0.2) is 57.7 Å². The predicted octanol–water partition coefficient (Wildman–Crippen LogP) is 5.22. The molecule has 0 spiro atoms. The van der Waals surface area contributed by atoms with Gasteiger partial charge in [0, 0.05) is 10.9 Å². The standard InChI is InChI=1S/C18H15BrO2/c1-11-8-9-14-15(10-11)18(20)21-17(12(2)19)16(14)13-6-4-3-5-7-13/h3-10,12H,1-2H3. The Labute approximate surface area is 131 Å². The quantitative estimate of drug-likeness (QED) is 0.597. The molecule has 0 N–H and O–H groups in total. The molecule has 3 aromatic rings. The van der Waals surface area contributed by atoms with Crippen LogP contribution in [0.5, 0.6) is 0 Å². The molecule has 1 atom stereocenters. The summed E-state index contributed by atoms with van der Waals surface area (Å²) in [5.74, 6) is 0.669. The summed E-state index contributed by atoms with van der Waals surface area (Å²) >= 11 is 3.53. The van der Waals surface area contributed by atoms with Crippen molar-refractivity contribution in [2.45, 2.75) is 18.7 Å². The van der Waals surface area contributed by atoms with E-state index in [1.807, 2.05) is 62.4 Å². The average Bonchev–Trinajstić information content (AvgIpc) is 2.48. The van der Waals surface area contributed by atoms with Gasteiger partial charge in [-0.3, -0.25) is 0 Å². The van der Waals surface area contributed by atoms with Gasteiger partial charge in [0.25, 0.3) is 0 Å². The van der Waals surface area contributed by atoms with Crippen LogP contribution < -0.4 is 5.63 Å². The van der Waals surface area contributed by atoms with Crippen LogP contribution in [0, 0.1) is 6.92 Å². The number of benzene rings is 2. The molecule has 21 heavy (non-hydrogen) atoms. The van der Waals surface area contributed by atoms with Crippen LogP contribution in [0.1, 0.15) is 23.1 Å². The van der Waals surface area contributed by atoms with Crippen molar-refractivity contribution in [3.05, 3.63) is 70.3 Å². The zero-order chi connectivity index (χ0) is 15.0. The van der Waals surface area contributed by atoms with Crippen LogP contribution in [0.4, 0.5) is 0 Å². The number of fused-ring (bicyclic) bond motifs is 1. The van der Waals surface area contributed by atoms with Crippen molar-refractivity contribution >= 4 is 26.7 Å². The van der Waals surface area contributed by atoms with Gasteiger partial charge in [-0.2, -0.15) is 0 Å². The molecule has 1 heterocycles. The van der Waals surface area contributed by atoms with E-state index in [0.717, 1.165) is 22.1 Å². The van der Waals surface area contributed by atoms with E-state index in [-0.39, 0.29) is 10.5 Å². The van der Waals surface area contributed by atoms with Gasteiger partial charge in [-0.15, -0.1) is 0 Å². The maximum absolute atomic E-state index is 12.3. The summed E-state index contributed by atoms with van der Waals surface area (Å²) in [6.45, 7) is 3.94. The molecule has 2 nitrogen and oxygen atoms in total. The Balaban J connectivity index is 2.47. The van der Waals surface area contributed by atoms with Crippen molar-refractivity contribution < 1.29 is 4.42 Å². The summed E-state index contributed by atoms with van der Waals surface area (Å²) in [7, 11) is 0. The third-order valence-corrected chi connectivity index (χ3v) is 3.95. The van der Waals surface area contributed by atoms with E-state index < -0.39 is 0 Å². The Morgan fingerprint density at radius 2 is 1.76 bits per heavy atom. The molecular formula is C18H15BrO2. The summed E-state index contributed by atoms with van der Waals surface area (Å²) in [6.07, 6.45) is 0. The molecular weight excluding hydrogens is 328 g/mol. The molecule has 0 radical (unpaired) electrons. The molecule has 106 valence electrons. The van der Waals surface area contributed by atoms with Crippen LogP contribution >= 0.6 is 15.9 Å². The molecule has 0 amide bonds. The lowest BCUT2D eigenvalue weighted by Crippen LogP contribution is -2.05. The second kappa shape index (κ2) is 5.49. The highest BCUT2D eigenvalue weighted by atomic mass is 79.9. The zero-order valence-electron chi connectivity index (χ0n) is 11.9. The molecule has 0 bridgehead atoms. The molecule has 2 aromatic carbocycles. The summed E-state index contributed by atoms with van der Waals surface area (Å²) < 4.78 is 5.59. The minimum atomic E-state index is -0.283. The van der Waals surface area contributed by atoms with Gasteiger partial charge in [0.2, 0.25) is 0 Å². The van der Waals surface area contributed by atoms with Crippen molar-refractivity contribution in [1.29, 1.82) is 0 Å². The molecule has 3 rings (SSSR count). The Morgan fingerprint density at radius 3 is 2.43 bits per heavy atom. The first-order valence-corrected chi connectivity index (χ1v) is 7.76. The first-order valence-electron chi connectivity index (χ1n) is 6.85. The lowest BCUT2D eigenvalue weighted by atomic mass is 9.96. The number of rotatable bonds is 2. The van der Waals surface area contributed by atoms with E-state index in [2.05, 4.69) is 15.9 Å². The second-order valence-electron chi connectivity index (χ2n) is 5.16. The summed E-state index contributed by atoms with van der Waals surface area (Å²) in [6, 6.07) is 15.9. The van der Waals surface area contributed by atoms with E-state index in [0.29, 0.717) is 11.1 Å². The van der Waals surface area contributed by atoms with E-state index in [4.69, 9.17) is 4.42 Å². The Hall–Kier alpha value is -1.87. The van der Waals surface area contributed by atoms with Crippen LogP contribution in [0.2, 0.25) is 0 Å². The highest BCUT2D eigenvalue weighted by Gasteiger charge is 2.18. The maximum atomic E-state index is 12.3. The minimum absolute atomic E-state index is 0.0360. The van der Waals surface area contributed by atoms with Gasteiger partial charge >= 0.3 is 5.63 Å². The minimum Gasteiger partial charge on any atom is -0.426 e. The predicted molar refractivity (Wildman–Crippen MR) is 90.0 cm³/mol. The van der Waals surface area contributed by atoms with Crippen molar-refractivity contribution in [3.63, 3.8) is 0 Å². The monoisotopic (exact) mass is 342 g/mol. The van der Waals surface area contributed by atoms with Gasteiger partial charge in [-0.05, 0) is 25.5 Å². The Bertz CT molecular complexity index is 848. The van der Waals surface area contributed by atoms with Crippen LogP contribution in [-0.2, 0) is 0 Å². The molecule has 1 unspecified atom stereocenters. The molecule has 0 aliphatic carbocycles. The van der Waals surface area contributed by atoms with Crippen LogP contribution in [0.3, 0.4) is 0 Å². The fraction of sp³-hybridized carbons (Fsp3) is 0.167. The SMILES string of the molecule is Cc1ccc2c(-c3ccccc3)c(C(C)Br)oc(=O)c2c1. The smallest absolute Gasteiger partial charge is 0.343 e. The van der Waals surface area contributed by atoms with Crippen LogP contribution in [-0.4, -0.2) is 0 Å². The number of hydrogen-bond acceptors (Lipinski definition) is 2. The Kier molecular flexibility index (Phi) is 3.68. The average molecular weight is 343 g/mol. The van der Waals surface area contributed by atoms with E-state index in [9.17, 15) is 4.79 Å². The summed E-state index contributed by atoms with van der Waals surface area (Å²) in [5, 5.41) is 1.56. The molecule has 0 aliphatic heterocycles. The van der Waals surface area contributed by atoms with E-state index in [1.165, 1.54) is 0 Å². The topological polar surface area (TPSA) is 30.2 Å². The number of alkyl halides is 1. The first kappa shape index (κ1) is 14.1. The fourth-order valence-electron chi connectivity index (χ4n) is 2.57. The largest absolute Gasteiger partial charge is 0.426 e. The molecule has 0 saturated carbocycles. The normalized spacial score (nSPS) is 12.5. The van der Waals surface area contributed by atoms with Gasteiger partial charge in [0.05, 0.1) is 10.2 Å². The van der Waals surface area contributed by atoms with Crippen molar-refractivity contribution in [2.75, 3.05) is 0 Å². The van der Waals surface area contributed by atoms with Gasteiger partial charge in [0.1, 0.15) is 5.76 Å². The van der Waals surface area contributed by atoms with E-state index in [1.54, 1.807) is 0 Å². The molecule has 0 saturated heterocycles. The molecule has 0 aliphatic rings. The lowest BCUT2D eigenvalue weighted by Gasteiger charge is -2.13. The maximum Gasteiger partial charge on any atom is 0.343 e. The summed E-state index contributed by atoms with van der Waals surface area (Å²) in [5.41, 5.74) is 2.80. The Morgan fingerprint density at radius 1 is 1.05 bits per heavy atom. The lowest BCUT2D eigenvalue weighted by molar-refractivity contribution is 0.473. The first-order chi connectivity index (χ1) is 10.1. The summed E-state index contributed by atoms with van der Waals surface area (Å²) in [4.78, 5) is 12.2. The molecule has 3 heteroatoms. The number of hydrogen-bond donors (Lipinski definition) is 0.